The molecule has 2 aliphatic rings. The number of carbonyl (C=O) groups excluding carboxylic acids is 1. The van der Waals surface area contributed by atoms with E-state index in [1.54, 1.807) is 18.2 Å². The van der Waals surface area contributed by atoms with E-state index in [-0.39, 0.29) is 10.8 Å². The Morgan fingerprint density at radius 3 is 2.68 bits per heavy atom. The molecule has 2 aliphatic heterocycles. The van der Waals surface area contributed by atoms with Gasteiger partial charge in [-0.15, -0.1) is 0 Å². The van der Waals surface area contributed by atoms with Crippen LogP contribution in [0.3, 0.4) is 0 Å². The minimum absolute atomic E-state index is 0.0515. The fourth-order valence-corrected chi connectivity index (χ4v) is 6.12. The highest BCUT2D eigenvalue weighted by Gasteiger charge is 2.42. The lowest BCUT2D eigenvalue weighted by molar-refractivity contribution is -0.135. The zero-order valence-corrected chi connectivity index (χ0v) is 15.4. The molecule has 4 rings (SSSR count). The predicted molar refractivity (Wildman–Crippen MR) is 94.8 cm³/mol. The quantitative estimate of drug-likeness (QED) is 0.811. The number of likely N-dealkylation sites (tertiary alicyclic amines) is 1. The first-order chi connectivity index (χ1) is 12.1. The first-order valence-electron chi connectivity index (χ1n) is 8.61. The number of nitrogens with zero attached hydrogens (tertiary/aromatic N) is 4. The molecule has 2 aromatic rings. The van der Waals surface area contributed by atoms with Crippen LogP contribution in [0, 0.1) is 0 Å². The molecule has 9 heteroatoms. The van der Waals surface area contributed by atoms with Crippen LogP contribution >= 0.6 is 11.7 Å². The van der Waals surface area contributed by atoms with Gasteiger partial charge in [0, 0.05) is 19.6 Å². The highest BCUT2D eigenvalue weighted by molar-refractivity contribution is 7.89. The lowest BCUT2D eigenvalue weighted by atomic mass is 10.1. The Morgan fingerprint density at radius 2 is 1.88 bits per heavy atom. The number of sulfonamides is 1. The van der Waals surface area contributed by atoms with E-state index in [0.717, 1.165) is 44.1 Å². The SMILES string of the molecule is O=C([C@@H]1CCCN1S(=O)(=O)c1cccc2nsnc12)N1CCCCC1. The number of piperidine rings is 1. The van der Waals surface area contributed by atoms with Crippen LogP contribution in [-0.2, 0) is 14.8 Å². The smallest absolute Gasteiger partial charge is 0.246 e. The number of benzene rings is 1. The topological polar surface area (TPSA) is 83.5 Å². The Bertz CT molecular complexity index is 890. The summed E-state index contributed by atoms with van der Waals surface area (Å²) >= 11 is 0.997. The molecular formula is C16H20N4O3S2. The van der Waals surface area contributed by atoms with Gasteiger partial charge in [-0.25, -0.2) is 8.42 Å². The average molecular weight is 380 g/mol. The summed E-state index contributed by atoms with van der Waals surface area (Å²) in [6, 6.07) is 4.39. The molecule has 2 saturated heterocycles. The Labute approximate surface area is 151 Å². The van der Waals surface area contributed by atoms with Crippen molar-refractivity contribution >= 4 is 38.7 Å². The van der Waals surface area contributed by atoms with Crippen molar-refractivity contribution in [3.63, 3.8) is 0 Å². The van der Waals surface area contributed by atoms with Gasteiger partial charge in [0.15, 0.2) is 0 Å². The van der Waals surface area contributed by atoms with Gasteiger partial charge in [0.05, 0.1) is 11.7 Å². The van der Waals surface area contributed by atoms with Crippen LogP contribution in [0.25, 0.3) is 11.0 Å². The van der Waals surface area contributed by atoms with Gasteiger partial charge >= 0.3 is 0 Å². The first kappa shape index (κ1) is 16.9. The molecule has 0 aliphatic carbocycles. The van der Waals surface area contributed by atoms with Crippen molar-refractivity contribution in [1.29, 1.82) is 0 Å². The summed E-state index contributed by atoms with van der Waals surface area (Å²) in [5.74, 6) is -0.0515. The van der Waals surface area contributed by atoms with E-state index in [4.69, 9.17) is 0 Å². The zero-order valence-electron chi connectivity index (χ0n) is 13.8. The Balaban J connectivity index is 1.67. The summed E-state index contributed by atoms with van der Waals surface area (Å²) in [6.07, 6.45) is 4.41. The first-order valence-corrected chi connectivity index (χ1v) is 10.8. The van der Waals surface area contributed by atoms with Gasteiger partial charge in [0.1, 0.15) is 22.0 Å². The normalized spacial score (nSPS) is 22.6. The second-order valence-corrected chi connectivity index (χ2v) is 8.94. The van der Waals surface area contributed by atoms with Gasteiger partial charge in [0.2, 0.25) is 15.9 Å². The van der Waals surface area contributed by atoms with E-state index in [2.05, 4.69) is 8.75 Å². The molecule has 0 saturated carbocycles. The number of fused-ring (bicyclic) bond motifs is 1. The van der Waals surface area contributed by atoms with Crippen LogP contribution in [-0.4, -0.2) is 58.0 Å². The lowest BCUT2D eigenvalue weighted by Gasteiger charge is -2.32. The molecule has 134 valence electrons. The highest BCUT2D eigenvalue weighted by atomic mass is 32.2. The maximum absolute atomic E-state index is 13.2. The minimum Gasteiger partial charge on any atom is -0.341 e. The Kier molecular flexibility index (Phi) is 4.47. The van der Waals surface area contributed by atoms with Crippen LogP contribution in [0.4, 0.5) is 0 Å². The molecule has 0 bridgehead atoms. The fourth-order valence-electron chi connectivity index (χ4n) is 3.72. The van der Waals surface area contributed by atoms with Crippen molar-refractivity contribution < 1.29 is 13.2 Å². The summed E-state index contributed by atoms with van der Waals surface area (Å²) in [7, 11) is -3.78. The van der Waals surface area contributed by atoms with Gasteiger partial charge in [0.25, 0.3) is 0 Å². The summed E-state index contributed by atoms with van der Waals surface area (Å²) in [5, 5.41) is 0. The fraction of sp³-hybridized carbons (Fsp3) is 0.562. The summed E-state index contributed by atoms with van der Waals surface area (Å²) in [5.41, 5.74) is 0.966. The third kappa shape index (κ3) is 2.94. The molecule has 0 unspecified atom stereocenters. The molecule has 2 fully saturated rings. The Morgan fingerprint density at radius 1 is 1.08 bits per heavy atom. The van der Waals surface area contributed by atoms with Gasteiger partial charge in [-0.05, 0) is 44.2 Å². The van der Waals surface area contributed by atoms with Crippen molar-refractivity contribution in [2.24, 2.45) is 0 Å². The third-order valence-corrected chi connectivity index (χ3v) is 7.47. The molecule has 7 nitrogen and oxygen atoms in total. The van der Waals surface area contributed by atoms with Crippen molar-refractivity contribution in [3.05, 3.63) is 18.2 Å². The van der Waals surface area contributed by atoms with Gasteiger partial charge in [-0.3, -0.25) is 4.79 Å². The largest absolute Gasteiger partial charge is 0.341 e. The van der Waals surface area contributed by atoms with Crippen molar-refractivity contribution in [3.8, 4) is 0 Å². The molecule has 1 amide bonds. The molecule has 1 aromatic heterocycles. The zero-order chi connectivity index (χ0) is 17.4. The number of carbonyl (C=O) groups is 1. The number of rotatable bonds is 3. The highest BCUT2D eigenvalue weighted by Crippen LogP contribution is 2.31. The molecular weight excluding hydrogens is 360 g/mol. The minimum atomic E-state index is -3.78. The van der Waals surface area contributed by atoms with Crippen LogP contribution < -0.4 is 0 Å². The molecule has 3 heterocycles. The number of amides is 1. The van der Waals surface area contributed by atoms with Gasteiger partial charge < -0.3 is 4.90 Å². The van der Waals surface area contributed by atoms with E-state index in [1.165, 1.54) is 4.31 Å². The molecule has 0 spiro atoms. The second kappa shape index (κ2) is 6.62. The molecule has 0 N–H and O–H groups in total. The van der Waals surface area contributed by atoms with Gasteiger partial charge in [-0.2, -0.15) is 13.1 Å². The summed E-state index contributed by atoms with van der Waals surface area (Å²) in [6.45, 7) is 1.84. The maximum atomic E-state index is 13.2. The molecule has 1 aromatic carbocycles. The van der Waals surface area contributed by atoms with Crippen LogP contribution in [0.5, 0.6) is 0 Å². The standard InChI is InChI=1S/C16H20N4O3S2/c21-16(19-9-2-1-3-10-19)13-7-5-11-20(13)25(22,23)14-8-4-6-12-15(14)18-24-17-12/h4,6,8,13H,1-3,5,7,9-11H2/t13-/m0/s1. The number of aromatic nitrogens is 2. The average Bonchev–Trinajstić information content (AvgIpc) is 3.30. The van der Waals surface area contributed by atoms with E-state index < -0.39 is 16.1 Å². The monoisotopic (exact) mass is 380 g/mol. The van der Waals surface area contributed by atoms with Crippen LogP contribution in [0.15, 0.2) is 23.1 Å². The lowest BCUT2D eigenvalue weighted by Crippen LogP contribution is -2.49. The van der Waals surface area contributed by atoms with Crippen molar-refractivity contribution in [1.82, 2.24) is 18.0 Å². The predicted octanol–water partition coefficient (Wildman–Crippen LogP) is 1.86. The third-order valence-electron chi connectivity index (χ3n) is 4.99. The van der Waals surface area contributed by atoms with Gasteiger partial charge in [-0.1, -0.05) is 6.07 Å². The van der Waals surface area contributed by atoms with Crippen LogP contribution in [0.1, 0.15) is 32.1 Å². The Hall–Kier alpha value is -1.58. The number of hydrogen-bond donors (Lipinski definition) is 0. The van der Waals surface area contributed by atoms with Crippen molar-refractivity contribution in [2.75, 3.05) is 19.6 Å². The van der Waals surface area contributed by atoms with E-state index in [1.807, 2.05) is 4.90 Å². The van der Waals surface area contributed by atoms with E-state index in [9.17, 15) is 13.2 Å². The summed E-state index contributed by atoms with van der Waals surface area (Å²) < 4.78 is 36.1. The van der Waals surface area contributed by atoms with Crippen molar-refractivity contribution in [2.45, 2.75) is 43.0 Å². The molecule has 0 radical (unpaired) electrons. The van der Waals surface area contributed by atoms with Crippen LogP contribution in [0.2, 0.25) is 0 Å². The molecule has 25 heavy (non-hydrogen) atoms. The molecule has 1 atom stereocenters. The second-order valence-electron chi connectivity index (χ2n) is 6.55. The van der Waals surface area contributed by atoms with E-state index >= 15 is 0 Å². The number of hydrogen-bond acceptors (Lipinski definition) is 6. The summed E-state index contributed by atoms with van der Waals surface area (Å²) in [4.78, 5) is 14.9. The maximum Gasteiger partial charge on any atom is 0.246 e. The van der Waals surface area contributed by atoms with E-state index in [0.29, 0.717) is 30.4 Å².